The van der Waals surface area contributed by atoms with Crippen molar-refractivity contribution in [2.45, 2.75) is 30.7 Å². The van der Waals surface area contributed by atoms with Crippen molar-refractivity contribution in [3.05, 3.63) is 24.0 Å². The molecule has 2 aromatic rings. The molecular weight excluding hydrogens is 292 g/mol. The van der Waals surface area contributed by atoms with E-state index in [4.69, 9.17) is 4.74 Å². The van der Waals surface area contributed by atoms with Gasteiger partial charge in [0.15, 0.2) is 5.44 Å². The molecule has 0 saturated carbocycles. The maximum atomic E-state index is 10.0. The fourth-order valence-electron chi connectivity index (χ4n) is 2.41. The van der Waals surface area contributed by atoms with Gasteiger partial charge in [0, 0.05) is 12.8 Å². The van der Waals surface area contributed by atoms with Gasteiger partial charge in [-0.15, -0.1) is 11.8 Å². The average Bonchev–Trinajstić information content (AvgIpc) is 2.76. The molecule has 1 saturated heterocycles. The normalized spacial score (nSPS) is 29.8. The first-order valence-electron chi connectivity index (χ1n) is 6.73. The van der Waals surface area contributed by atoms with Crippen LogP contribution in [0.2, 0.25) is 0 Å². The average molecular weight is 310 g/mol. The third-order valence-electron chi connectivity index (χ3n) is 3.80. The monoisotopic (exact) mass is 310 g/mol. The van der Waals surface area contributed by atoms with Crippen molar-refractivity contribution in [3.8, 4) is 5.75 Å². The van der Waals surface area contributed by atoms with Crippen LogP contribution in [0.5, 0.6) is 5.75 Å². The van der Waals surface area contributed by atoms with E-state index >= 15 is 0 Å². The van der Waals surface area contributed by atoms with Gasteiger partial charge in [0.05, 0.1) is 11.6 Å². The number of fused-ring (bicyclic) bond motifs is 1. The number of benzene rings is 1. The zero-order chi connectivity index (χ0) is 15.1. The number of aliphatic hydroxyl groups is 3. The fraction of sp³-hybridized carbons (Fsp3) is 0.500. The van der Waals surface area contributed by atoms with E-state index in [1.165, 1.54) is 11.8 Å². The number of rotatable bonds is 2. The number of aromatic nitrogens is 2. The molecule has 0 aliphatic carbocycles. The molecule has 2 heterocycles. The van der Waals surface area contributed by atoms with Crippen molar-refractivity contribution in [1.82, 2.24) is 9.55 Å². The van der Waals surface area contributed by atoms with Gasteiger partial charge in [0.1, 0.15) is 29.3 Å². The van der Waals surface area contributed by atoms with Crippen molar-refractivity contribution >= 4 is 22.8 Å². The summed E-state index contributed by atoms with van der Waals surface area (Å²) >= 11 is 1.28. The van der Waals surface area contributed by atoms with Gasteiger partial charge >= 0.3 is 0 Å². The molecule has 1 aromatic carbocycles. The standard InChI is InChI=1S/C14H18N2O4S/c1-7-15-11-8(16(7)2)4-3-5-10(11)20-14-13(19)12(18)9(17)6-21-14/h3-5,9,12-14,17-19H,6H2,1-2H3/t9-,12+,13-,14-/m1/s1. The lowest BCUT2D eigenvalue weighted by atomic mass is 10.1. The lowest BCUT2D eigenvalue weighted by molar-refractivity contribution is -0.0784. The Morgan fingerprint density at radius 1 is 1.29 bits per heavy atom. The summed E-state index contributed by atoms with van der Waals surface area (Å²) in [6, 6.07) is 5.61. The number of aliphatic hydroxyl groups excluding tert-OH is 3. The summed E-state index contributed by atoms with van der Waals surface area (Å²) < 4.78 is 7.80. The smallest absolute Gasteiger partial charge is 0.173 e. The van der Waals surface area contributed by atoms with Crippen LogP contribution in [0.25, 0.3) is 11.0 Å². The Morgan fingerprint density at radius 2 is 2.05 bits per heavy atom. The molecule has 0 radical (unpaired) electrons. The van der Waals surface area contributed by atoms with Gasteiger partial charge in [-0.3, -0.25) is 0 Å². The third kappa shape index (κ3) is 2.50. The van der Waals surface area contributed by atoms with Gasteiger partial charge < -0.3 is 24.6 Å². The van der Waals surface area contributed by atoms with E-state index < -0.39 is 23.7 Å². The summed E-state index contributed by atoms with van der Waals surface area (Å²) in [7, 11) is 1.93. The Kier molecular flexibility index (Phi) is 3.83. The van der Waals surface area contributed by atoms with Crippen molar-refractivity contribution in [3.63, 3.8) is 0 Å². The van der Waals surface area contributed by atoms with E-state index in [9.17, 15) is 15.3 Å². The van der Waals surface area contributed by atoms with Crippen LogP contribution in [0.3, 0.4) is 0 Å². The number of imidazole rings is 1. The number of nitrogens with zero attached hydrogens (tertiary/aromatic N) is 2. The molecule has 6 nitrogen and oxygen atoms in total. The molecule has 114 valence electrons. The second-order valence-electron chi connectivity index (χ2n) is 5.21. The number of thioether (sulfide) groups is 1. The Bertz CT molecular complexity index is 660. The third-order valence-corrected chi connectivity index (χ3v) is 5.03. The van der Waals surface area contributed by atoms with Gasteiger partial charge in [-0.25, -0.2) is 4.98 Å². The first-order chi connectivity index (χ1) is 9.99. The Balaban J connectivity index is 1.90. The quantitative estimate of drug-likeness (QED) is 0.745. The van der Waals surface area contributed by atoms with E-state index in [1.54, 1.807) is 6.07 Å². The van der Waals surface area contributed by atoms with Crippen molar-refractivity contribution in [2.75, 3.05) is 5.75 Å². The summed E-state index contributed by atoms with van der Waals surface area (Å²) in [6.45, 7) is 1.91. The summed E-state index contributed by atoms with van der Waals surface area (Å²) in [5.41, 5.74) is 1.04. The van der Waals surface area contributed by atoms with Crippen molar-refractivity contribution in [1.29, 1.82) is 0 Å². The lowest BCUT2D eigenvalue weighted by Gasteiger charge is -2.34. The molecule has 0 unspecified atom stereocenters. The SMILES string of the molecule is Cc1nc2c(O[C@@H]3SC[C@@H](O)[C@H](O)[C@H]3O)cccc2n1C. The molecule has 0 amide bonds. The minimum Gasteiger partial charge on any atom is -0.475 e. The summed E-state index contributed by atoms with van der Waals surface area (Å²) in [5, 5.41) is 29.3. The van der Waals surface area contributed by atoms with Gasteiger partial charge in [0.25, 0.3) is 0 Å². The lowest BCUT2D eigenvalue weighted by Crippen LogP contribution is -2.50. The summed E-state index contributed by atoms with van der Waals surface area (Å²) in [6.07, 6.45) is -3.27. The molecule has 0 bridgehead atoms. The van der Waals surface area contributed by atoms with Gasteiger partial charge in [-0.05, 0) is 19.1 Å². The topological polar surface area (TPSA) is 87.7 Å². The van der Waals surface area contributed by atoms with Crippen LogP contribution in [-0.4, -0.2) is 54.4 Å². The molecule has 3 N–H and O–H groups in total. The number of para-hydroxylation sites is 1. The molecule has 1 aromatic heterocycles. The number of ether oxygens (including phenoxy) is 1. The maximum Gasteiger partial charge on any atom is 0.173 e. The van der Waals surface area contributed by atoms with E-state index in [-0.39, 0.29) is 0 Å². The zero-order valence-electron chi connectivity index (χ0n) is 11.8. The highest BCUT2D eigenvalue weighted by Crippen LogP contribution is 2.32. The van der Waals surface area contributed by atoms with Crippen LogP contribution < -0.4 is 4.74 Å². The predicted molar refractivity (Wildman–Crippen MR) is 80.3 cm³/mol. The predicted octanol–water partition coefficient (Wildman–Crippen LogP) is 0.416. The minimum atomic E-state index is -1.19. The van der Waals surface area contributed by atoms with E-state index in [0.717, 1.165) is 16.9 Å². The Morgan fingerprint density at radius 3 is 2.81 bits per heavy atom. The van der Waals surface area contributed by atoms with E-state index in [0.29, 0.717) is 11.5 Å². The molecule has 7 heteroatoms. The van der Waals surface area contributed by atoms with E-state index in [1.807, 2.05) is 30.7 Å². The first kappa shape index (κ1) is 14.6. The molecule has 1 aliphatic heterocycles. The van der Waals surface area contributed by atoms with Gasteiger partial charge in [-0.1, -0.05) is 6.07 Å². The number of hydrogen-bond acceptors (Lipinski definition) is 6. The van der Waals surface area contributed by atoms with Gasteiger partial charge in [-0.2, -0.15) is 0 Å². The zero-order valence-corrected chi connectivity index (χ0v) is 12.6. The number of hydrogen-bond donors (Lipinski definition) is 3. The molecule has 4 atom stereocenters. The van der Waals surface area contributed by atoms with Crippen LogP contribution in [0.1, 0.15) is 5.82 Å². The summed E-state index contributed by atoms with van der Waals surface area (Å²) in [4.78, 5) is 4.47. The van der Waals surface area contributed by atoms with Crippen molar-refractivity contribution in [2.24, 2.45) is 7.05 Å². The van der Waals surface area contributed by atoms with E-state index in [2.05, 4.69) is 4.98 Å². The largest absolute Gasteiger partial charge is 0.475 e. The molecular formula is C14H18N2O4S. The van der Waals surface area contributed by atoms with Crippen LogP contribution in [0.15, 0.2) is 18.2 Å². The first-order valence-corrected chi connectivity index (χ1v) is 7.78. The molecule has 21 heavy (non-hydrogen) atoms. The Hall–Kier alpha value is -1.28. The minimum absolute atomic E-state index is 0.320. The highest BCUT2D eigenvalue weighted by molar-refractivity contribution is 7.99. The number of aryl methyl sites for hydroxylation is 2. The molecule has 1 aliphatic rings. The Labute approximate surface area is 126 Å². The fourth-order valence-corrected chi connectivity index (χ4v) is 3.52. The van der Waals surface area contributed by atoms with Gasteiger partial charge in [0.2, 0.25) is 0 Å². The molecule has 1 fully saturated rings. The van der Waals surface area contributed by atoms with Crippen molar-refractivity contribution < 1.29 is 20.1 Å². The molecule has 3 rings (SSSR count). The van der Waals surface area contributed by atoms with Crippen LogP contribution in [0, 0.1) is 6.92 Å². The highest BCUT2D eigenvalue weighted by atomic mass is 32.2. The maximum absolute atomic E-state index is 10.0. The highest BCUT2D eigenvalue weighted by Gasteiger charge is 2.38. The second-order valence-corrected chi connectivity index (χ2v) is 6.34. The van der Waals surface area contributed by atoms with Crippen LogP contribution in [0.4, 0.5) is 0 Å². The van der Waals surface area contributed by atoms with Crippen LogP contribution in [-0.2, 0) is 7.05 Å². The second kappa shape index (κ2) is 5.49. The molecule has 0 spiro atoms. The summed E-state index contributed by atoms with van der Waals surface area (Å²) in [5.74, 6) is 1.75. The van der Waals surface area contributed by atoms with Crippen LogP contribution >= 0.6 is 11.8 Å².